The van der Waals surface area contributed by atoms with E-state index in [1.165, 1.54) is 12.1 Å². The Labute approximate surface area is 125 Å². The summed E-state index contributed by atoms with van der Waals surface area (Å²) in [7, 11) is 0. The minimum absolute atomic E-state index is 0.00574. The van der Waals surface area contributed by atoms with Crippen LogP contribution in [0.4, 0.5) is 13.2 Å². The highest BCUT2D eigenvalue weighted by molar-refractivity contribution is 5.28. The number of hydrogen-bond acceptors (Lipinski definition) is 1. The van der Waals surface area contributed by atoms with E-state index in [0.717, 1.165) is 43.9 Å². The molecule has 2 unspecified atom stereocenters. The number of rotatable bonds is 8. The van der Waals surface area contributed by atoms with Crippen molar-refractivity contribution in [2.45, 2.75) is 58.7 Å². The molecule has 0 aromatic heterocycles. The second kappa shape index (κ2) is 8.42. The summed E-state index contributed by atoms with van der Waals surface area (Å²) in [5.74, 6) is 0.499. The quantitative estimate of drug-likeness (QED) is 0.661. The van der Waals surface area contributed by atoms with Gasteiger partial charge in [-0.1, -0.05) is 45.7 Å². The Morgan fingerprint density at radius 1 is 1.14 bits per heavy atom. The largest absolute Gasteiger partial charge is 0.416 e. The summed E-state index contributed by atoms with van der Waals surface area (Å²) >= 11 is 0. The number of benzene rings is 1. The van der Waals surface area contributed by atoms with Gasteiger partial charge in [0.25, 0.3) is 0 Å². The van der Waals surface area contributed by atoms with Crippen molar-refractivity contribution in [3.8, 4) is 0 Å². The van der Waals surface area contributed by atoms with Crippen LogP contribution in [0.3, 0.4) is 0 Å². The van der Waals surface area contributed by atoms with Crippen LogP contribution in [0.25, 0.3) is 0 Å². The summed E-state index contributed by atoms with van der Waals surface area (Å²) in [6, 6.07) is 5.71. The molecular formula is C17H26F3N. The molecule has 0 saturated carbocycles. The fourth-order valence-corrected chi connectivity index (χ4v) is 2.60. The van der Waals surface area contributed by atoms with E-state index in [0.29, 0.717) is 5.92 Å². The summed E-state index contributed by atoms with van der Waals surface area (Å²) < 4.78 is 38.5. The first-order valence-corrected chi connectivity index (χ1v) is 7.79. The first-order valence-electron chi connectivity index (χ1n) is 7.79. The lowest BCUT2D eigenvalue weighted by Gasteiger charge is -2.23. The van der Waals surface area contributed by atoms with Crippen LogP contribution in [0.15, 0.2) is 24.3 Å². The van der Waals surface area contributed by atoms with Crippen LogP contribution in [0.2, 0.25) is 0 Å². The van der Waals surface area contributed by atoms with Gasteiger partial charge in [-0.3, -0.25) is 0 Å². The van der Waals surface area contributed by atoms with E-state index in [2.05, 4.69) is 26.1 Å². The Balaban J connectivity index is 2.91. The summed E-state index contributed by atoms with van der Waals surface area (Å²) in [5.41, 5.74) is 0.174. The van der Waals surface area contributed by atoms with Crippen LogP contribution in [0, 0.1) is 5.92 Å². The van der Waals surface area contributed by atoms with Crippen LogP contribution < -0.4 is 5.32 Å². The lowest BCUT2D eigenvalue weighted by molar-refractivity contribution is -0.137. The SMILES string of the molecule is CCCNC(CC(C)CCC)c1cccc(C(F)(F)F)c1. The zero-order chi connectivity index (χ0) is 15.9. The van der Waals surface area contributed by atoms with Crippen LogP contribution in [0.5, 0.6) is 0 Å². The number of nitrogens with one attached hydrogen (secondary N) is 1. The third kappa shape index (κ3) is 6.08. The van der Waals surface area contributed by atoms with Gasteiger partial charge in [0.15, 0.2) is 0 Å². The third-order valence-corrected chi connectivity index (χ3v) is 3.68. The van der Waals surface area contributed by atoms with Crippen molar-refractivity contribution in [1.29, 1.82) is 0 Å². The fourth-order valence-electron chi connectivity index (χ4n) is 2.60. The van der Waals surface area contributed by atoms with Crippen molar-refractivity contribution < 1.29 is 13.2 Å². The third-order valence-electron chi connectivity index (χ3n) is 3.68. The smallest absolute Gasteiger partial charge is 0.310 e. The Bertz CT molecular complexity index is 415. The second-order valence-electron chi connectivity index (χ2n) is 5.76. The van der Waals surface area contributed by atoms with Gasteiger partial charge in [0.05, 0.1) is 5.56 Å². The Morgan fingerprint density at radius 2 is 1.86 bits per heavy atom. The summed E-state index contributed by atoms with van der Waals surface area (Å²) in [5, 5.41) is 3.39. The molecule has 0 bridgehead atoms. The van der Waals surface area contributed by atoms with E-state index in [1.54, 1.807) is 6.07 Å². The topological polar surface area (TPSA) is 12.0 Å². The van der Waals surface area contributed by atoms with E-state index in [4.69, 9.17) is 0 Å². The molecule has 1 nitrogen and oxygen atoms in total. The van der Waals surface area contributed by atoms with Gasteiger partial charge in [0.2, 0.25) is 0 Å². The molecule has 0 radical (unpaired) electrons. The molecule has 0 saturated heterocycles. The van der Waals surface area contributed by atoms with Gasteiger partial charge in [-0.2, -0.15) is 13.2 Å². The maximum absolute atomic E-state index is 12.8. The van der Waals surface area contributed by atoms with E-state index in [9.17, 15) is 13.2 Å². The highest BCUT2D eigenvalue weighted by atomic mass is 19.4. The maximum atomic E-state index is 12.8. The van der Waals surface area contributed by atoms with E-state index < -0.39 is 11.7 Å². The molecule has 0 amide bonds. The van der Waals surface area contributed by atoms with Gasteiger partial charge >= 0.3 is 6.18 Å². The van der Waals surface area contributed by atoms with Gasteiger partial charge in [0, 0.05) is 6.04 Å². The average Bonchev–Trinajstić information content (AvgIpc) is 2.43. The molecule has 0 aliphatic rings. The standard InChI is InChI=1S/C17H26F3N/c1-4-7-13(3)11-16(21-10-5-2)14-8-6-9-15(12-14)17(18,19)20/h6,8-9,12-13,16,21H,4-5,7,10-11H2,1-3H3. The number of hydrogen-bond donors (Lipinski definition) is 1. The van der Waals surface area contributed by atoms with Gasteiger partial charge in [-0.05, 0) is 43.0 Å². The van der Waals surface area contributed by atoms with Gasteiger partial charge in [-0.25, -0.2) is 0 Å². The fraction of sp³-hybridized carbons (Fsp3) is 0.647. The molecule has 120 valence electrons. The first kappa shape index (κ1) is 18.0. The molecule has 0 aliphatic heterocycles. The van der Waals surface area contributed by atoms with Crippen LogP contribution in [0.1, 0.15) is 63.6 Å². The number of halogens is 3. The van der Waals surface area contributed by atoms with E-state index >= 15 is 0 Å². The molecule has 1 aromatic rings. The molecule has 0 aliphatic carbocycles. The summed E-state index contributed by atoms with van der Waals surface area (Å²) in [6.07, 6.45) is -0.235. The highest BCUT2D eigenvalue weighted by Gasteiger charge is 2.31. The molecule has 0 fully saturated rings. The number of alkyl halides is 3. The maximum Gasteiger partial charge on any atom is 0.416 e. The van der Waals surface area contributed by atoms with Crippen molar-refractivity contribution in [1.82, 2.24) is 5.32 Å². The Morgan fingerprint density at radius 3 is 2.43 bits per heavy atom. The molecular weight excluding hydrogens is 275 g/mol. The lowest BCUT2D eigenvalue weighted by atomic mass is 9.92. The summed E-state index contributed by atoms with van der Waals surface area (Å²) in [4.78, 5) is 0. The molecule has 2 atom stereocenters. The van der Waals surface area contributed by atoms with E-state index in [1.807, 2.05) is 0 Å². The lowest BCUT2D eigenvalue weighted by Crippen LogP contribution is -2.24. The van der Waals surface area contributed by atoms with Gasteiger partial charge in [-0.15, -0.1) is 0 Å². The van der Waals surface area contributed by atoms with Crippen molar-refractivity contribution in [2.75, 3.05) is 6.54 Å². The van der Waals surface area contributed by atoms with Crippen molar-refractivity contribution in [3.63, 3.8) is 0 Å². The summed E-state index contributed by atoms with van der Waals surface area (Å²) in [6.45, 7) is 7.18. The van der Waals surface area contributed by atoms with Crippen molar-refractivity contribution in [2.24, 2.45) is 5.92 Å². The Hall–Kier alpha value is -1.03. The van der Waals surface area contributed by atoms with E-state index in [-0.39, 0.29) is 6.04 Å². The zero-order valence-corrected chi connectivity index (χ0v) is 13.1. The molecule has 4 heteroatoms. The monoisotopic (exact) mass is 301 g/mol. The molecule has 0 heterocycles. The van der Waals surface area contributed by atoms with Crippen LogP contribution in [-0.4, -0.2) is 6.54 Å². The normalized spacial score (nSPS) is 15.0. The zero-order valence-electron chi connectivity index (χ0n) is 13.1. The van der Waals surface area contributed by atoms with Gasteiger partial charge < -0.3 is 5.32 Å². The molecule has 1 N–H and O–H groups in total. The molecule has 1 rings (SSSR count). The Kier molecular flexibility index (Phi) is 7.23. The first-order chi connectivity index (χ1) is 9.88. The van der Waals surface area contributed by atoms with Crippen molar-refractivity contribution in [3.05, 3.63) is 35.4 Å². The minimum atomic E-state index is -4.28. The minimum Gasteiger partial charge on any atom is -0.310 e. The molecule has 1 aromatic carbocycles. The molecule has 21 heavy (non-hydrogen) atoms. The predicted octanol–water partition coefficient (Wildman–Crippen LogP) is 5.57. The van der Waals surface area contributed by atoms with Gasteiger partial charge in [0.1, 0.15) is 0 Å². The van der Waals surface area contributed by atoms with Crippen LogP contribution >= 0.6 is 0 Å². The highest BCUT2D eigenvalue weighted by Crippen LogP contribution is 2.32. The average molecular weight is 301 g/mol. The van der Waals surface area contributed by atoms with Crippen molar-refractivity contribution >= 4 is 0 Å². The second-order valence-corrected chi connectivity index (χ2v) is 5.76. The molecule has 0 spiro atoms. The van der Waals surface area contributed by atoms with Crippen LogP contribution in [-0.2, 0) is 6.18 Å². The predicted molar refractivity (Wildman–Crippen MR) is 81.2 cm³/mol.